The van der Waals surface area contributed by atoms with Gasteiger partial charge in [-0.2, -0.15) is 0 Å². The molecule has 0 saturated heterocycles. The number of carbonyl (C=O) groups is 1. The molecule has 0 unspecified atom stereocenters. The fourth-order valence-corrected chi connectivity index (χ4v) is 5.99. The van der Waals surface area contributed by atoms with Gasteiger partial charge in [0.15, 0.2) is 8.32 Å². The van der Waals surface area contributed by atoms with Crippen LogP contribution in [0, 0.1) is 0 Å². The van der Waals surface area contributed by atoms with Crippen LogP contribution >= 0.6 is 0 Å². The predicted octanol–water partition coefficient (Wildman–Crippen LogP) is 6.54. The zero-order valence-electron chi connectivity index (χ0n) is 27.1. The lowest BCUT2D eigenvalue weighted by molar-refractivity contribution is 0.0954. The third kappa shape index (κ3) is 9.93. The molecular formula is C35H50N2O5Si. The maximum Gasteiger partial charge on any atom is 0.251 e. The number of aliphatic hydroxyl groups is 1. The second-order valence-electron chi connectivity index (χ2n) is 13.4. The van der Waals surface area contributed by atoms with Gasteiger partial charge in [0.05, 0.1) is 19.8 Å². The van der Waals surface area contributed by atoms with Crippen molar-refractivity contribution in [2.45, 2.75) is 83.8 Å². The van der Waals surface area contributed by atoms with Gasteiger partial charge in [0.25, 0.3) is 5.91 Å². The molecule has 1 amide bonds. The Balaban J connectivity index is 1.67. The molecule has 0 fully saturated rings. The molecule has 7 nitrogen and oxygen atoms in total. The summed E-state index contributed by atoms with van der Waals surface area (Å²) in [4.78, 5) is 12.9. The lowest BCUT2D eigenvalue weighted by Crippen LogP contribution is -2.47. The van der Waals surface area contributed by atoms with Gasteiger partial charge in [0, 0.05) is 29.8 Å². The molecule has 0 heterocycles. The number of rotatable bonds is 14. The number of phenols is 1. The maximum atomic E-state index is 12.9. The van der Waals surface area contributed by atoms with Gasteiger partial charge in [-0.05, 0) is 97.9 Å². The van der Waals surface area contributed by atoms with Crippen LogP contribution in [-0.2, 0) is 23.9 Å². The first-order valence-corrected chi connectivity index (χ1v) is 17.9. The Morgan fingerprint density at radius 2 is 1.65 bits per heavy atom. The van der Waals surface area contributed by atoms with E-state index in [0.717, 1.165) is 28.9 Å². The molecule has 8 heteroatoms. The minimum atomic E-state index is -2.14. The zero-order chi connectivity index (χ0) is 31.8. The van der Waals surface area contributed by atoms with Crippen LogP contribution in [0.2, 0.25) is 18.1 Å². The minimum Gasteiger partial charge on any atom is -0.508 e. The van der Waals surface area contributed by atoms with E-state index in [2.05, 4.69) is 58.3 Å². The Kier molecular flexibility index (Phi) is 11.6. The van der Waals surface area contributed by atoms with Gasteiger partial charge >= 0.3 is 0 Å². The number of amides is 1. The first-order chi connectivity index (χ1) is 20.1. The van der Waals surface area contributed by atoms with Crippen molar-refractivity contribution in [3.8, 4) is 11.5 Å². The van der Waals surface area contributed by atoms with Gasteiger partial charge in [0.2, 0.25) is 0 Å². The highest BCUT2D eigenvalue weighted by molar-refractivity contribution is 6.74. The third-order valence-electron chi connectivity index (χ3n) is 8.32. The van der Waals surface area contributed by atoms with Gasteiger partial charge < -0.3 is 30.0 Å². The van der Waals surface area contributed by atoms with Crippen molar-refractivity contribution in [2.75, 3.05) is 20.2 Å². The van der Waals surface area contributed by atoms with Crippen LogP contribution < -0.4 is 15.4 Å². The first-order valence-electron chi connectivity index (χ1n) is 15.0. The van der Waals surface area contributed by atoms with Gasteiger partial charge in [0.1, 0.15) is 11.5 Å². The second kappa shape index (κ2) is 14.5. The number of hydrogen-bond donors (Lipinski definition) is 4. The average Bonchev–Trinajstić information content (AvgIpc) is 2.95. The van der Waals surface area contributed by atoms with Crippen LogP contribution in [0.1, 0.15) is 73.3 Å². The number of carbonyl (C=O) groups excluding carboxylic acids is 1. The monoisotopic (exact) mass is 606 g/mol. The number of aliphatic hydroxyl groups excluding tert-OH is 1. The van der Waals surface area contributed by atoms with Crippen molar-refractivity contribution in [3.63, 3.8) is 0 Å². The summed E-state index contributed by atoms with van der Waals surface area (Å²) < 4.78 is 12.1. The van der Waals surface area contributed by atoms with Gasteiger partial charge in [-0.1, -0.05) is 51.1 Å². The topological polar surface area (TPSA) is 100 Å². The first kappa shape index (κ1) is 34.3. The fraction of sp³-hybridized carbons (Fsp3) is 0.457. The summed E-state index contributed by atoms with van der Waals surface area (Å²) in [6.45, 7) is 16.2. The van der Waals surface area contributed by atoms with Crippen molar-refractivity contribution >= 4 is 14.2 Å². The molecule has 1 atom stereocenters. The number of ether oxygens (including phenoxy) is 1. The molecule has 0 aliphatic carbocycles. The van der Waals surface area contributed by atoms with E-state index in [0.29, 0.717) is 30.6 Å². The highest BCUT2D eigenvalue weighted by atomic mass is 28.4. The largest absolute Gasteiger partial charge is 0.508 e. The minimum absolute atomic E-state index is 0.0203. The maximum absolute atomic E-state index is 12.9. The fourth-order valence-electron chi connectivity index (χ4n) is 4.71. The van der Waals surface area contributed by atoms with E-state index in [-0.39, 0.29) is 34.9 Å². The van der Waals surface area contributed by atoms with E-state index >= 15 is 0 Å². The summed E-state index contributed by atoms with van der Waals surface area (Å²) >= 11 is 0. The van der Waals surface area contributed by atoms with E-state index < -0.39 is 8.32 Å². The average molecular weight is 607 g/mol. The van der Waals surface area contributed by atoms with Crippen molar-refractivity contribution in [1.82, 2.24) is 10.6 Å². The Hall–Kier alpha value is -3.17. The standard InChI is InChI=1S/C35H50N2O5Si/c1-34(2,3)43(7,8)42-32(27-15-16-31(39)29(21-27)24-38)23-37-35(4,5)22-26-12-9-13-28(19-26)33(40)36-18-17-25-11-10-14-30(20-25)41-6/h9-16,19-21,32,37-39H,17-18,22-24H2,1-8H3,(H,36,40)/t32-/m1/s1. The van der Waals surface area contributed by atoms with Crippen LogP contribution in [0.15, 0.2) is 66.7 Å². The molecule has 4 N–H and O–H groups in total. The molecule has 234 valence electrons. The zero-order valence-corrected chi connectivity index (χ0v) is 28.1. The Bertz CT molecular complexity index is 1370. The lowest BCUT2D eigenvalue weighted by atomic mass is 9.93. The molecule has 0 aliphatic heterocycles. The molecule has 3 aromatic rings. The second-order valence-corrected chi connectivity index (χ2v) is 18.2. The number of hydrogen-bond acceptors (Lipinski definition) is 6. The lowest BCUT2D eigenvalue weighted by Gasteiger charge is -2.40. The van der Waals surface area contributed by atoms with Crippen LogP contribution in [0.25, 0.3) is 0 Å². The van der Waals surface area contributed by atoms with Crippen LogP contribution in [0.5, 0.6) is 11.5 Å². The van der Waals surface area contributed by atoms with E-state index in [1.54, 1.807) is 13.2 Å². The summed E-state index contributed by atoms with van der Waals surface area (Å²) in [6, 6.07) is 21.0. The highest BCUT2D eigenvalue weighted by Crippen LogP contribution is 2.40. The number of methoxy groups -OCH3 is 1. The molecule has 3 rings (SSSR count). The van der Waals surface area contributed by atoms with E-state index in [9.17, 15) is 15.0 Å². The summed E-state index contributed by atoms with van der Waals surface area (Å²) in [6.07, 6.45) is 1.17. The Morgan fingerprint density at radius 3 is 2.33 bits per heavy atom. The molecule has 0 radical (unpaired) electrons. The van der Waals surface area contributed by atoms with E-state index in [1.165, 1.54) is 0 Å². The molecule has 0 aromatic heterocycles. The predicted molar refractivity (Wildman–Crippen MR) is 176 cm³/mol. The highest BCUT2D eigenvalue weighted by Gasteiger charge is 2.39. The molecule has 0 bridgehead atoms. The molecule has 0 aliphatic rings. The van der Waals surface area contributed by atoms with Crippen LogP contribution in [0.3, 0.4) is 0 Å². The molecule has 3 aromatic carbocycles. The Morgan fingerprint density at radius 1 is 0.953 bits per heavy atom. The van der Waals surface area contributed by atoms with Gasteiger partial charge in [-0.25, -0.2) is 0 Å². The van der Waals surface area contributed by atoms with Crippen molar-refractivity contribution in [3.05, 3.63) is 94.5 Å². The van der Waals surface area contributed by atoms with Crippen molar-refractivity contribution in [2.24, 2.45) is 0 Å². The molecule has 0 saturated carbocycles. The third-order valence-corrected chi connectivity index (χ3v) is 12.8. The number of aromatic hydroxyl groups is 1. The van der Waals surface area contributed by atoms with Crippen LogP contribution in [0.4, 0.5) is 0 Å². The quantitative estimate of drug-likeness (QED) is 0.156. The van der Waals surface area contributed by atoms with Crippen molar-refractivity contribution < 1.29 is 24.2 Å². The van der Waals surface area contributed by atoms with Crippen molar-refractivity contribution in [1.29, 1.82) is 0 Å². The van der Waals surface area contributed by atoms with Gasteiger partial charge in [-0.15, -0.1) is 0 Å². The summed E-state index contributed by atoms with van der Waals surface area (Å²) in [5.74, 6) is 0.795. The smallest absolute Gasteiger partial charge is 0.251 e. The van der Waals surface area contributed by atoms with Gasteiger partial charge in [-0.3, -0.25) is 4.79 Å². The molecule has 0 spiro atoms. The number of benzene rings is 3. The number of nitrogens with one attached hydrogen (secondary N) is 2. The SMILES string of the molecule is COc1cccc(CCNC(=O)c2cccc(CC(C)(C)NC[C@@H](O[Si](C)(C)C(C)(C)C)c3ccc(O)c(CO)c3)c2)c1. The van der Waals surface area contributed by atoms with E-state index in [4.69, 9.17) is 9.16 Å². The normalized spacial score (nSPS) is 13.0. The van der Waals surface area contributed by atoms with E-state index in [1.807, 2.05) is 60.7 Å². The molecular weight excluding hydrogens is 556 g/mol. The van der Waals surface area contributed by atoms with Crippen LogP contribution in [-0.4, -0.2) is 50.2 Å². The summed E-state index contributed by atoms with van der Waals surface area (Å²) in [5.41, 5.74) is 3.91. The summed E-state index contributed by atoms with van der Waals surface area (Å²) in [7, 11) is -0.488. The molecule has 43 heavy (non-hydrogen) atoms. The Labute approximate surface area is 258 Å². The summed E-state index contributed by atoms with van der Waals surface area (Å²) in [5, 5.41) is 26.7.